The number of hydrogen-bond acceptors (Lipinski definition) is 4. The van der Waals surface area contributed by atoms with E-state index < -0.39 is 0 Å². The normalized spacial score (nSPS) is 14.9. The molecule has 3 rings (SSSR count). The molecule has 0 radical (unpaired) electrons. The summed E-state index contributed by atoms with van der Waals surface area (Å²) < 4.78 is 0. The molecule has 0 N–H and O–H groups in total. The van der Waals surface area contributed by atoms with Crippen molar-refractivity contribution in [3.05, 3.63) is 55.7 Å². The van der Waals surface area contributed by atoms with Gasteiger partial charge < -0.3 is 4.90 Å². The van der Waals surface area contributed by atoms with Crippen LogP contribution in [0.5, 0.6) is 0 Å². The lowest BCUT2D eigenvalue weighted by Crippen LogP contribution is -2.40. The fraction of sp³-hybridized carbons (Fsp3) is 0.381. The predicted octanol–water partition coefficient (Wildman–Crippen LogP) is 5.45. The summed E-state index contributed by atoms with van der Waals surface area (Å²) in [5.74, 6) is -0.107. The first-order chi connectivity index (χ1) is 13.3. The zero-order chi connectivity index (χ0) is 20.3. The number of piperidine rings is 1. The lowest BCUT2D eigenvalue weighted by molar-refractivity contribution is -0.132. The van der Waals surface area contributed by atoms with E-state index in [9.17, 15) is 14.4 Å². The number of carbonyl (C=O) groups is 3. The van der Waals surface area contributed by atoms with Crippen molar-refractivity contribution < 1.29 is 14.4 Å². The number of likely N-dealkylation sites (tertiary alicyclic amines) is 1. The number of aryl methyl sites for hydroxylation is 1. The van der Waals surface area contributed by atoms with Crippen molar-refractivity contribution in [2.24, 2.45) is 5.92 Å². The minimum Gasteiger partial charge on any atom is -0.343 e. The molecule has 7 heteroatoms. The maximum absolute atomic E-state index is 12.7. The van der Waals surface area contributed by atoms with Crippen LogP contribution in [0.2, 0.25) is 10.0 Å². The number of hydrogen-bond donors (Lipinski definition) is 0. The van der Waals surface area contributed by atoms with Gasteiger partial charge >= 0.3 is 0 Å². The number of ketones is 2. The lowest BCUT2D eigenvalue weighted by Gasteiger charge is -2.31. The second kappa shape index (κ2) is 9.21. The van der Waals surface area contributed by atoms with Gasteiger partial charge in [0.15, 0.2) is 11.6 Å². The van der Waals surface area contributed by atoms with Gasteiger partial charge in [0.05, 0.1) is 14.9 Å². The molecule has 2 aromatic rings. The Bertz CT molecular complexity index is 901. The van der Waals surface area contributed by atoms with Crippen LogP contribution in [0.3, 0.4) is 0 Å². The molecule has 1 amide bonds. The van der Waals surface area contributed by atoms with Gasteiger partial charge in [-0.2, -0.15) is 0 Å². The Labute approximate surface area is 178 Å². The van der Waals surface area contributed by atoms with E-state index >= 15 is 0 Å². The fourth-order valence-electron chi connectivity index (χ4n) is 3.36. The molecular weight excluding hydrogens is 417 g/mol. The van der Waals surface area contributed by atoms with Crippen molar-refractivity contribution in [3.8, 4) is 0 Å². The molecule has 2 heterocycles. The molecule has 148 valence electrons. The molecule has 1 aromatic heterocycles. The number of thiophene rings is 1. The summed E-state index contributed by atoms with van der Waals surface area (Å²) in [5, 5.41) is 0.789. The van der Waals surface area contributed by atoms with Crippen LogP contribution >= 0.6 is 34.5 Å². The highest BCUT2D eigenvalue weighted by Crippen LogP contribution is 2.27. The lowest BCUT2D eigenvalue weighted by atomic mass is 9.88. The van der Waals surface area contributed by atoms with Gasteiger partial charge in [0.1, 0.15) is 0 Å². The molecule has 1 aliphatic rings. The number of nitrogens with zero attached hydrogens (tertiary/aromatic N) is 1. The maximum Gasteiger partial charge on any atom is 0.223 e. The predicted molar refractivity (Wildman–Crippen MR) is 113 cm³/mol. The van der Waals surface area contributed by atoms with Gasteiger partial charge in [-0.25, -0.2) is 0 Å². The summed E-state index contributed by atoms with van der Waals surface area (Å²) in [6.07, 6.45) is 1.66. The third-order valence-electron chi connectivity index (χ3n) is 5.00. The van der Waals surface area contributed by atoms with Crippen molar-refractivity contribution in [3.63, 3.8) is 0 Å². The molecular formula is C21H21Cl2NO3S. The average Bonchev–Trinajstić information content (AvgIpc) is 3.14. The first-order valence-electron chi connectivity index (χ1n) is 9.22. The summed E-state index contributed by atoms with van der Waals surface area (Å²) in [5.41, 5.74) is 0.552. The minimum atomic E-state index is -0.128. The molecule has 0 unspecified atom stereocenters. The smallest absolute Gasteiger partial charge is 0.223 e. The van der Waals surface area contributed by atoms with Gasteiger partial charge in [0, 0.05) is 42.3 Å². The second-order valence-electron chi connectivity index (χ2n) is 6.98. The van der Waals surface area contributed by atoms with Crippen LogP contribution < -0.4 is 0 Å². The van der Waals surface area contributed by atoms with Crippen LogP contribution in [0.1, 0.15) is 50.6 Å². The molecule has 1 aromatic carbocycles. The second-order valence-corrected chi connectivity index (χ2v) is 9.08. The maximum atomic E-state index is 12.7. The van der Waals surface area contributed by atoms with Gasteiger partial charge in [-0.15, -0.1) is 11.3 Å². The molecule has 0 atom stereocenters. The Morgan fingerprint density at radius 1 is 1.04 bits per heavy atom. The highest BCUT2D eigenvalue weighted by Gasteiger charge is 2.28. The van der Waals surface area contributed by atoms with Crippen LogP contribution in [-0.2, 0) is 4.79 Å². The molecule has 4 nitrogen and oxygen atoms in total. The Morgan fingerprint density at radius 2 is 1.75 bits per heavy atom. The SMILES string of the molecule is Cc1ccc(C(=O)CCC(=O)N2CCC(C(=O)c3ccc(Cl)c(Cl)c3)CC2)s1. The zero-order valence-electron chi connectivity index (χ0n) is 15.5. The summed E-state index contributed by atoms with van der Waals surface area (Å²) in [6, 6.07) is 8.64. The highest BCUT2D eigenvalue weighted by atomic mass is 35.5. The van der Waals surface area contributed by atoms with E-state index in [1.807, 2.05) is 19.1 Å². The Hall–Kier alpha value is -1.69. The van der Waals surface area contributed by atoms with Crippen LogP contribution in [0, 0.1) is 12.8 Å². The summed E-state index contributed by atoms with van der Waals surface area (Å²) in [6.45, 7) is 3.02. The van der Waals surface area contributed by atoms with Gasteiger partial charge in [0.2, 0.25) is 5.91 Å². The van der Waals surface area contributed by atoms with Crippen LogP contribution in [0.25, 0.3) is 0 Å². The van der Waals surface area contributed by atoms with Gasteiger partial charge in [-0.1, -0.05) is 23.2 Å². The molecule has 0 aliphatic carbocycles. The first kappa shape index (κ1) is 21.0. The van der Waals surface area contributed by atoms with Crippen molar-refractivity contribution >= 4 is 52.0 Å². The largest absolute Gasteiger partial charge is 0.343 e. The Morgan fingerprint density at radius 3 is 2.36 bits per heavy atom. The summed E-state index contributed by atoms with van der Waals surface area (Å²) in [4.78, 5) is 40.8. The number of amides is 1. The third kappa shape index (κ3) is 5.02. The molecule has 0 spiro atoms. The van der Waals surface area contributed by atoms with Crippen molar-refractivity contribution in [1.29, 1.82) is 0 Å². The van der Waals surface area contributed by atoms with Crippen LogP contribution in [0.15, 0.2) is 30.3 Å². The van der Waals surface area contributed by atoms with E-state index in [1.54, 1.807) is 23.1 Å². The minimum absolute atomic E-state index is 0.0103. The van der Waals surface area contributed by atoms with Crippen LogP contribution in [-0.4, -0.2) is 35.5 Å². The molecule has 1 fully saturated rings. The topological polar surface area (TPSA) is 54.5 Å². The number of benzene rings is 1. The summed E-state index contributed by atoms with van der Waals surface area (Å²) >= 11 is 13.4. The average molecular weight is 438 g/mol. The monoisotopic (exact) mass is 437 g/mol. The van der Waals surface area contributed by atoms with Gasteiger partial charge in [-0.3, -0.25) is 14.4 Å². The molecule has 1 saturated heterocycles. The standard InChI is InChI=1S/C21H21Cl2NO3S/c1-13-2-6-19(28-13)18(25)5-7-20(26)24-10-8-14(9-11-24)21(27)15-3-4-16(22)17(23)12-15/h2-4,6,12,14H,5,7-11H2,1H3. The quantitative estimate of drug-likeness (QED) is 0.564. The fourth-order valence-corrected chi connectivity index (χ4v) is 4.50. The van der Waals surface area contributed by atoms with Crippen molar-refractivity contribution in [2.75, 3.05) is 13.1 Å². The van der Waals surface area contributed by atoms with Crippen LogP contribution in [0.4, 0.5) is 0 Å². The van der Waals surface area contributed by atoms with E-state index in [0.29, 0.717) is 46.4 Å². The van der Waals surface area contributed by atoms with E-state index in [1.165, 1.54) is 11.3 Å². The van der Waals surface area contributed by atoms with E-state index in [0.717, 1.165) is 4.88 Å². The molecule has 1 aliphatic heterocycles. The third-order valence-corrected chi connectivity index (χ3v) is 6.78. The van der Waals surface area contributed by atoms with Gasteiger partial charge in [-0.05, 0) is 50.1 Å². The summed E-state index contributed by atoms with van der Waals surface area (Å²) in [7, 11) is 0. The molecule has 0 saturated carbocycles. The van der Waals surface area contributed by atoms with E-state index in [4.69, 9.17) is 23.2 Å². The Balaban J connectivity index is 1.49. The van der Waals surface area contributed by atoms with E-state index in [2.05, 4.69) is 0 Å². The Kier molecular flexibility index (Phi) is 6.91. The molecule has 28 heavy (non-hydrogen) atoms. The number of Topliss-reactive ketones (excluding diaryl/α,β-unsaturated/α-hetero) is 2. The van der Waals surface area contributed by atoms with E-state index in [-0.39, 0.29) is 36.2 Å². The number of rotatable bonds is 6. The highest BCUT2D eigenvalue weighted by molar-refractivity contribution is 7.14. The van der Waals surface area contributed by atoms with Crippen molar-refractivity contribution in [2.45, 2.75) is 32.6 Å². The number of halogens is 2. The number of carbonyl (C=O) groups excluding carboxylic acids is 3. The first-order valence-corrected chi connectivity index (χ1v) is 10.8. The van der Waals surface area contributed by atoms with Gasteiger partial charge in [0.25, 0.3) is 0 Å². The zero-order valence-corrected chi connectivity index (χ0v) is 17.9. The van der Waals surface area contributed by atoms with Crippen molar-refractivity contribution in [1.82, 2.24) is 4.90 Å². The molecule has 0 bridgehead atoms.